The van der Waals surface area contributed by atoms with Crippen LogP contribution in [-0.4, -0.2) is 30.5 Å². The van der Waals surface area contributed by atoms with Crippen LogP contribution in [0.1, 0.15) is 26.3 Å². The molecule has 1 heterocycles. The minimum absolute atomic E-state index is 0.236. The lowest BCUT2D eigenvalue weighted by Crippen LogP contribution is -2.27. The van der Waals surface area contributed by atoms with Gasteiger partial charge in [0.25, 0.3) is 11.8 Å². The Labute approximate surface area is 163 Å². The van der Waals surface area contributed by atoms with E-state index in [0.717, 1.165) is 12.0 Å². The number of methoxy groups -OCH3 is 1. The van der Waals surface area contributed by atoms with Crippen LogP contribution >= 0.6 is 0 Å². The Kier molecular flexibility index (Phi) is 6.36. The van der Waals surface area contributed by atoms with Crippen molar-refractivity contribution in [1.82, 2.24) is 10.3 Å². The minimum Gasteiger partial charge on any atom is -0.481 e. The second-order valence-electron chi connectivity index (χ2n) is 6.08. The van der Waals surface area contributed by atoms with Gasteiger partial charge < -0.3 is 15.4 Å². The molecule has 0 bridgehead atoms. The summed E-state index contributed by atoms with van der Waals surface area (Å²) in [6.45, 7) is 0.507. The third kappa shape index (κ3) is 4.94. The van der Waals surface area contributed by atoms with Gasteiger partial charge in [0, 0.05) is 18.8 Å². The Hall–Kier alpha value is -3.67. The predicted octanol–water partition coefficient (Wildman–Crippen LogP) is 3.32. The minimum atomic E-state index is -0.348. The molecule has 0 radical (unpaired) electrons. The molecule has 2 amide bonds. The first-order valence-electron chi connectivity index (χ1n) is 8.90. The van der Waals surface area contributed by atoms with Gasteiger partial charge in [-0.15, -0.1) is 0 Å². The van der Waals surface area contributed by atoms with Crippen molar-refractivity contribution in [3.8, 4) is 5.88 Å². The SMILES string of the molecule is COc1ccc(C(=O)Nc2ccccc2C(=O)NCCc2ccccc2)cn1. The summed E-state index contributed by atoms with van der Waals surface area (Å²) in [6, 6.07) is 20.1. The third-order valence-corrected chi connectivity index (χ3v) is 4.17. The second-order valence-corrected chi connectivity index (χ2v) is 6.08. The van der Waals surface area contributed by atoms with Gasteiger partial charge >= 0.3 is 0 Å². The van der Waals surface area contributed by atoms with E-state index in [-0.39, 0.29) is 11.8 Å². The summed E-state index contributed by atoms with van der Waals surface area (Å²) in [5.74, 6) is -0.158. The maximum absolute atomic E-state index is 12.6. The summed E-state index contributed by atoms with van der Waals surface area (Å²) in [6.07, 6.45) is 2.16. The first-order chi connectivity index (χ1) is 13.7. The Balaban J connectivity index is 1.64. The fourth-order valence-corrected chi connectivity index (χ4v) is 2.68. The predicted molar refractivity (Wildman–Crippen MR) is 108 cm³/mol. The molecule has 2 N–H and O–H groups in total. The average Bonchev–Trinajstić information content (AvgIpc) is 2.75. The van der Waals surface area contributed by atoms with Crippen LogP contribution in [-0.2, 0) is 6.42 Å². The number of nitrogens with one attached hydrogen (secondary N) is 2. The highest BCUT2D eigenvalue weighted by Gasteiger charge is 2.14. The van der Waals surface area contributed by atoms with E-state index in [1.165, 1.54) is 13.3 Å². The van der Waals surface area contributed by atoms with Crippen LogP contribution in [0.5, 0.6) is 5.88 Å². The van der Waals surface area contributed by atoms with Crippen LogP contribution in [0.3, 0.4) is 0 Å². The molecule has 0 aliphatic rings. The van der Waals surface area contributed by atoms with Gasteiger partial charge in [0.2, 0.25) is 5.88 Å². The quantitative estimate of drug-likeness (QED) is 0.664. The lowest BCUT2D eigenvalue weighted by atomic mass is 10.1. The first-order valence-corrected chi connectivity index (χ1v) is 8.90. The number of benzene rings is 2. The van der Waals surface area contributed by atoms with Gasteiger partial charge in [0.1, 0.15) is 0 Å². The van der Waals surface area contributed by atoms with E-state index in [1.54, 1.807) is 36.4 Å². The Bertz CT molecular complexity index is 941. The average molecular weight is 375 g/mol. The van der Waals surface area contributed by atoms with Gasteiger partial charge in [-0.2, -0.15) is 0 Å². The van der Waals surface area contributed by atoms with E-state index in [9.17, 15) is 9.59 Å². The first kappa shape index (κ1) is 19.1. The molecule has 0 aliphatic carbocycles. The van der Waals surface area contributed by atoms with Crippen LogP contribution in [0, 0.1) is 0 Å². The molecule has 6 nitrogen and oxygen atoms in total. The molecular formula is C22H21N3O3. The number of amides is 2. The standard InChI is InChI=1S/C22H21N3O3/c1-28-20-12-11-17(15-24-20)21(26)25-19-10-6-5-9-18(19)22(27)23-14-13-16-7-3-2-4-8-16/h2-12,15H,13-14H2,1H3,(H,23,27)(H,25,26). The molecule has 6 heteroatoms. The van der Waals surface area contributed by atoms with E-state index in [2.05, 4.69) is 15.6 Å². The van der Waals surface area contributed by atoms with Crippen molar-refractivity contribution >= 4 is 17.5 Å². The Morgan fingerprint density at radius 3 is 2.39 bits per heavy atom. The van der Waals surface area contributed by atoms with E-state index in [0.29, 0.717) is 29.2 Å². The number of carbonyl (C=O) groups is 2. The molecule has 0 spiro atoms. The fourth-order valence-electron chi connectivity index (χ4n) is 2.68. The molecule has 1 aromatic heterocycles. The molecule has 142 valence electrons. The van der Waals surface area contributed by atoms with Crippen molar-refractivity contribution in [3.05, 3.63) is 89.6 Å². The molecule has 0 saturated heterocycles. The van der Waals surface area contributed by atoms with Crippen molar-refractivity contribution in [2.75, 3.05) is 19.0 Å². The topological polar surface area (TPSA) is 80.3 Å². The maximum Gasteiger partial charge on any atom is 0.257 e. The van der Waals surface area contributed by atoms with E-state index in [1.807, 2.05) is 30.3 Å². The fraction of sp³-hybridized carbons (Fsp3) is 0.136. The molecule has 0 aliphatic heterocycles. The number of aromatic nitrogens is 1. The molecule has 2 aromatic carbocycles. The molecule has 3 aromatic rings. The molecule has 0 fully saturated rings. The summed E-state index contributed by atoms with van der Waals surface area (Å²) in [7, 11) is 1.51. The lowest BCUT2D eigenvalue weighted by molar-refractivity contribution is 0.0955. The number of hydrogen-bond donors (Lipinski definition) is 2. The molecule has 3 rings (SSSR count). The summed E-state index contributed by atoms with van der Waals surface area (Å²) in [5.41, 5.74) is 2.38. The highest BCUT2D eigenvalue weighted by Crippen LogP contribution is 2.17. The monoisotopic (exact) mass is 375 g/mol. The number of pyridine rings is 1. The van der Waals surface area contributed by atoms with Gasteiger partial charge in [-0.1, -0.05) is 42.5 Å². The van der Waals surface area contributed by atoms with Gasteiger partial charge in [-0.25, -0.2) is 4.98 Å². The third-order valence-electron chi connectivity index (χ3n) is 4.17. The molecule has 0 saturated carbocycles. The van der Waals surface area contributed by atoms with Crippen molar-refractivity contribution < 1.29 is 14.3 Å². The Morgan fingerprint density at radius 1 is 0.929 bits per heavy atom. The molecule has 28 heavy (non-hydrogen) atoms. The zero-order valence-corrected chi connectivity index (χ0v) is 15.5. The number of para-hydroxylation sites is 1. The Morgan fingerprint density at radius 2 is 1.68 bits per heavy atom. The smallest absolute Gasteiger partial charge is 0.257 e. The highest BCUT2D eigenvalue weighted by atomic mass is 16.5. The number of rotatable bonds is 7. The zero-order valence-electron chi connectivity index (χ0n) is 15.5. The number of carbonyl (C=O) groups excluding carboxylic acids is 2. The molecular weight excluding hydrogens is 354 g/mol. The normalized spacial score (nSPS) is 10.2. The van der Waals surface area contributed by atoms with Gasteiger partial charge in [-0.05, 0) is 30.2 Å². The largest absolute Gasteiger partial charge is 0.481 e. The number of anilines is 1. The van der Waals surface area contributed by atoms with E-state index >= 15 is 0 Å². The second kappa shape index (κ2) is 9.32. The highest BCUT2D eigenvalue weighted by molar-refractivity contribution is 6.08. The van der Waals surface area contributed by atoms with Crippen LogP contribution in [0.4, 0.5) is 5.69 Å². The van der Waals surface area contributed by atoms with E-state index in [4.69, 9.17) is 4.74 Å². The summed E-state index contributed by atoms with van der Waals surface area (Å²) < 4.78 is 4.99. The van der Waals surface area contributed by atoms with E-state index < -0.39 is 0 Å². The summed E-state index contributed by atoms with van der Waals surface area (Å²) >= 11 is 0. The molecule has 0 atom stereocenters. The van der Waals surface area contributed by atoms with Crippen molar-refractivity contribution in [3.63, 3.8) is 0 Å². The zero-order chi connectivity index (χ0) is 19.8. The molecule has 0 unspecified atom stereocenters. The van der Waals surface area contributed by atoms with Crippen molar-refractivity contribution in [2.45, 2.75) is 6.42 Å². The van der Waals surface area contributed by atoms with Crippen LogP contribution < -0.4 is 15.4 Å². The summed E-state index contributed by atoms with van der Waals surface area (Å²) in [4.78, 5) is 29.1. The van der Waals surface area contributed by atoms with Crippen molar-refractivity contribution in [2.24, 2.45) is 0 Å². The van der Waals surface area contributed by atoms with Crippen LogP contribution in [0.15, 0.2) is 72.9 Å². The summed E-state index contributed by atoms with van der Waals surface area (Å²) in [5, 5.41) is 5.67. The van der Waals surface area contributed by atoms with Crippen LogP contribution in [0.25, 0.3) is 0 Å². The van der Waals surface area contributed by atoms with Gasteiger partial charge in [0.05, 0.1) is 23.9 Å². The lowest BCUT2D eigenvalue weighted by Gasteiger charge is -2.11. The maximum atomic E-state index is 12.6. The van der Waals surface area contributed by atoms with Crippen LogP contribution in [0.2, 0.25) is 0 Å². The number of hydrogen-bond acceptors (Lipinski definition) is 4. The number of nitrogens with zero attached hydrogens (tertiary/aromatic N) is 1. The van der Waals surface area contributed by atoms with Gasteiger partial charge in [-0.3, -0.25) is 9.59 Å². The number of ether oxygens (including phenoxy) is 1. The van der Waals surface area contributed by atoms with Gasteiger partial charge in [0.15, 0.2) is 0 Å². The van der Waals surface area contributed by atoms with Crippen molar-refractivity contribution in [1.29, 1.82) is 0 Å².